The Morgan fingerprint density at radius 3 is 2.53 bits per heavy atom. The lowest BCUT2D eigenvalue weighted by Gasteiger charge is -2.25. The highest BCUT2D eigenvalue weighted by Crippen LogP contribution is 2.47. The van der Waals surface area contributed by atoms with E-state index in [1.54, 1.807) is 11.3 Å². The van der Waals surface area contributed by atoms with Gasteiger partial charge in [0.05, 0.1) is 11.2 Å². The van der Waals surface area contributed by atoms with Crippen LogP contribution in [0, 0.1) is 12.8 Å². The largest absolute Gasteiger partial charge is 0.319 e. The summed E-state index contributed by atoms with van der Waals surface area (Å²) in [6, 6.07) is 0. The first-order chi connectivity index (χ1) is 7.11. The van der Waals surface area contributed by atoms with Crippen molar-refractivity contribution in [1.29, 1.82) is 0 Å². The van der Waals surface area contributed by atoms with Crippen molar-refractivity contribution < 1.29 is 0 Å². The smallest absolute Gasteiger partial charge is 0.113 e. The molecule has 3 heteroatoms. The maximum Gasteiger partial charge on any atom is 0.113 e. The molecule has 1 aromatic heterocycles. The molecule has 1 aromatic rings. The molecule has 2 nitrogen and oxygen atoms in total. The summed E-state index contributed by atoms with van der Waals surface area (Å²) in [7, 11) is 0. The van der Waals surface area contributed by atoms with Crippen molar-refractivity contribution in [3.8, 4) is 0 Å². The third kappa shape index (κ3) is 1.83. The SMILES string of the molecule is CCc1nc(C(N)(CC)C2CC2)sc1C. The normalized spacial score (nSPS) is 20.3. The van der Waals surface area contributed by atoms with Crippen LogP contribution >= 0.6 is 11.3 Å². The van der Waals surface area contributed by atoms with Crippen molar-refractivity contribution in [3.05, 3.63) is 15.6 Å². The summed E-state index contributed by atoms with van der Waals surface area (Å²) in [6.07, 6.45) is 4.59. The highest BCUT2D eigenvalue weighted by molar-refractivity contribution is 7.11. The quantitative estimate of drug-likeness (QED) is 0.854. The molecule has 0 radical (unpaired) electrons. The van der Waals surface area contributed by atoms with E-state index in [1.165, 1.54) is 28.4 Å². The lowest BCUT2D eigenvalue weighted by atomic mass is 9.92. The van der Waals surface area contributed by atoms with Crippen LogP contribution in [0.5, 0.6) is 0 Å². The minimum atomic E-state index is -0.136. The molecule has 0 aromatic carbocycles. The number of rotatable bonds is 4. The van der Waals surface area contributed by atoms with Gasteiger partial charge in [-0.3, -0.25) is 0 Å². The van der Waals surface area contributed by atoms with E-state index < -0.39 is 0 Å². The van der Waals surface area contributed by atoms with Gasteiger partial charge >= 0.3 is 0 Å². The molecule has 1 aliphatic carbocycles. The molecule has 1 atom stereocenters. The molecule has 0 spiro atoms. The Morgan fingerprint density at radius 1 is 1.47 bits per heavy atom. The first kappa shape index (κ1) is 11.1. The number of nitrogens with two attached hydrogens (primary N) is 1. The molecule has 2 N–H and O–H groups in total. The number of aryl methyl sites for hydroxylation is 2. The molecular weight excluding hydrogens is 204 g/mol. The predicted octanol–water partition coefficient (Wildman–Crippen LogP) is 2.99. The first-order valence-corrected chi connectivity index (χ1v) is 6.69. The summed E-state index contributed by atoms with van der Waals surface area (Å²) >= 11 is 1.80. The van der Waals surface area contributed by atoms with E-state index in [9.17, 15) is 0 Å². The number of aromatic nitrogens is 1. The van der Waals surface area contributed by atoms with E-state index >= 15 is 0 Å². The van der Waals surface area contributed by atoms with Crippen LogP contribution in [0.1, 0.15) is 48.7 Å². The molecule has 2 rings (SSSR count). The van der Waals surface area contributed by atoms with Crippen LogP contribution in [0.3, 0.4) is 0 Å². The standard InChI is InChI=1S/C12H20N2S/c1-4-10-8(3)15-11(14-10)12(13,5-2)9-6-7-9/h9H,4-7,13H2,1-3H3. The van der Waals surface area contributed by atoms with Crippen LogP contribution in [-0.4, -0.2) is 4.98 Å². The molecule has 84 valence electrons. The second-order valence-electron chi connectivity index (χ2n) is 4.54. The molecule has 0 amide bonds. The Bertz CT molecular complexity index is 355. The fourth-order valence-corrected chi connectivity index (χ4v) is 3.42. The summed E-state index contributed by atoms with van der Waals surface area (Å²) in [5.74, 6) is 0.678. The van der Waals surface area contributed by atoms with Gasteiger partial charge in [-0.05, 0) is 38.5 Å². The zero-order chi connectivity index (χ0) is 11.1. The third-order valence-corrected chi connectivity index (χ3v) is 4.72. The number of hydrogen-bond donors (Lipinski definition) is 1. The zero-order valence-corrected chi connectivity index (χ0v) is 10.7. The van der Waals surface area contributed by atoms with Crippen molar-refractivity contribution in [2.24, 2.45) is 11.7 Å². The molecule has 1 unspecified atom stereocenters. The van der Waals surface area contributed by atoms with Crippen LogP contribution in [0.2, 0.25) is 0 Å². The maximum atomic E-state index is 6.51. The van der Waals surface area contributed by atoms with Gasteiger partial charge in [-0.2, -0.15) is 0 Å². The highest BCUT2D eigenvalue weighted by Gasteiger charge is 2.44. The summed E-state index contributed by atoms with van der Waals surface area (Å²) in [5.41, 5.74) is 7.61. The summed E-state index contributed by atoms with van der Waals surface area (Å²) < 4.78 is 0. The fourth-order valence-electron chi connectivity index (χ4n) is 2.17. The Morgan fingerprint density at radius 2 is 2.13 bits per heavy atom. The molecule has 0 aliphatic heterocycles. The van der Waals surface area contributed by atoms with Gasteiger partial charge < -0.3 is 5.73 Å². The van der Waals surface area contributed by atoms with Crippen molar-refractivity contribution >= 4 is 11.3 Å². The van der Waals surface area contributed by atoms with Gasteiger partial charge in [0, 0.05) is 4.88 Å². The average molecular weight is 224 g/mol. The van der Waals surface area contributed by atoms with Gasteiger partial charge in [0.25, 0.3) is 0 Å². The summed E-state index contributed by atoms with van der Waals surface area (Å²) in [4.78, 5) is 6.07. The van der Waals surface area contributed by atoms with Crippen molar-refractivity contribution in [2.45, 2.75) is 52.0 Å². The lowest BCUT2D eigenvalue weighted by Crippen LogP contribution is -2.38. The minimum Gasteiger partial charge on any atom is -0.319 e. The Labute approximate surface area is 95.9 Å². The van der Waals surface area contributed by atoms with E-state index in [4.69, 9.17) is 10.7 Å². The van der Waals surface area contributed by atoms with Crippen LogP contribution in [0.25, 0.3) is 0 Å². The molecule has 1 aliphatic rings. The molecule has 0 bridgehead atoms. The first-order valence-electron chi connectivity index (χ1n) is 5.87. The van der Waals surface area contributed by atoms with Crippen LogP contribution < -0.4 is 5.73 Å². The lowest BCUT2D eigenvalue weighted by molar-refractivity contribution is 0.368. The highest BCUT2D eigenvalue weighted by atomic mass is 32.1. The second kappa shape index (κ2) is 3.87. The molecule has 1 fully saturated rings. The molecular formula is C12H20N2S. The Hall–Kier alpha value is -0.410. The monoisotopic (exact) mass is 224 g/mol. The van der Waals surface area contributed by atoms with Gasteiger partial charge in [-0.25, -0.2) is 4.98 Å². The number of nitrogens with zero attached hydrogens (tertiary/aromatic N) is 1. The Kier molecular flexibility index (Phi) is 2.86. The van der Waals surface area contributed by atoms with Gasteiger partial charge in [-0.1, -0.05) is 13.8 Å². The van der Waals surface area contributed by atoms with Crippen molar-refractivity contribution in [3.63, 3.8) is 0 Å². The number of thiazole rings is 1. The van der Waals surface area contributed by atoms with E-state index in [0.717, 1.165) is 12.8 Å². The molecule has 0 saturated heterocycles. The second-order valence-corrected chi connectivity index (χ2v) is 5.75. The van der Waals surface area contributed by atoms with E-state index in [-0.39, 0.29) is 5.54 Å². The predicted molar refractivity (Wildman–Crippen MR) is 65.1 cm³/mol. The molecule has 1 heterocycles. The Balaban J connectivity index is 2.33. The van der Waals surface area contributed by atoms with Crippen LogP contribution in [0.15, 0.2) is 0 Å². The third-order valence-electron chi connectivity index (χ3n) is 3.52. The van der Waals surface area contributed by atoms with E-state index in [0.29, 0.717) is 5.92 Å². The topological polar surface area (TPSA) is 38.9 Å². The fraction of sp³-hybridized carbons (Fsp3) is 0.750. The van der Waals surface area contributed by atoms with Crippen molar-refractivity contribution in [1.82, 2.24) is 4.98 Å². The van der Waals surface area contributed by atoms with Crippen LogP contribution in [-0.2, 0) is 12.0 Å². The van der Waals surface area contributed by atoms with Gasteiger partial charge in [0.15, 0.2) is 0 Å². The van der Waals surface area contributed by atoms with Gasteiger partial charge in [0.2, 0.25) is 0 Å². The maximum absolute atomic E-state index is 6.51. The minimum absolute atomic E-state index is 0.136. The van der Waals surface area contributed by atoms with Gasteiger partial charge in [0.1, 0.15) is 5.01 Å². The summed E-state index contributed by atoms with van der Waals surface area (Å²) in [5, 5.41) is 1.17. The number of hydrogen-bond acceptors (Lipinski definition) is 3. The van der Waals surface area contributed by atoms with Gasteiger partial charge in [-0.15, -0.1) is 11.3 Å². The molecule has 15 heavy (non-hydrogen) atoms. The van der Waals surface area contributed by atoms with Crippen molar-refractivity contribution in [2.75, 3.05) is 0 Å². The van der Waals surface area contributed by atoms with E-state index in [1.807, 2.05) is 0 Å². The average Bonchev–Trinajstić information content (AvgIpc) is 3.01. The zero-order valence-electron chi connectivity index (χ0n) is 9.84. The van der Waals surface area contributed by atoms with E-state index in [2.05, 4.69) is 20.8 Å². The van der Waals surface area contributed by atoms with Crippen LogP contribution in [0.4, 0.5) is 0 Å². The summed E-state index contributed by atoms with van der Waals surface area (Å²) in [6.45, 7) is 6.50. The molecule has 1 saturated carbocycles.